The highest BCUT2D eigenvalue weighted by molar-refractivity contribution is 7.19. The zero-order valence-electron chi connectivity index (χ0n) is 19.1. The fraction of sp³-hybridized carbons (Fsp3) is 0.280. The molecule has 2 N–H and O–H groups in total. The van der Waals surface area contributed by atoms with E-state index < -0.39 is 11.6 Å². The summed E-state index contributed by atoms with van der Waals surface area (Å²) in [4.78, 5) is 43.7. The molecular weight excluding hydrogens is 436 g/mol. The maximum absolute atomic E-state index is 12.6. The van der Waals surface area contributed by atoms with E-state index in [9.17, 15) is 14.4 Å². The molecule has 2 heterocycles. The summed E-state index contributed by atoms with van der Waals surface area (Å²) >= 11 is 1.40. The molecule has 0 unspecified atom stereocenters. The number of hydrogen-bond acceptors (Lipinski definition) is 5. The van der Waals surface area contributed by atoms with Gasteiger partial charge >= 0.3 is 6.03 Å². The Morgan fingerprint density at radius 3 is 2.12 bits per heavy atom. The van der Waals surface area contributed by atoms with Crippen LogP contribution < -0.4 is 10.6 Å². The van der Waals surface area contributed by atoms with Gasteiger partial charge in [-0.15, -0.1) is 0 Å². The molecule has 1 aliphatic heterocycles. The number of rotatable bonds is 6. The third-order valence-corrected chi connectivity index (χ3v) is 6.54. The van der Waals surface area contributed by atoms with Crippen molar-refractivity contribution in [3.63, 3.8) is 0 Å². The topological polar surface area (TPSA) is 91.4 Å². The lowest BCUT2D eigenvalue weighted by molar-refractivity contribution is -0.130. The van der Waals surface area contributed by atoms with Crippen molar-refractivity contribution in [3.05, 3.63) is 59.7 Å². The second kappa shape index (κ2) is 8.78. The fourth-order valence-corrected chi connectivity index (χ4v) is 4.61. The Morgan fingerprint density at radius 2 is 1.58 bits per heavy atom. The standard InChI is InChI=1S/C25H26N4O3S/c1-15-5-9-17(10-6-15)20-21(18-11-7-16(2)8-12-18)33-23(27-20)26-19(30)13-14-29-22(31)25(3,4)28-24(29)32/h5-12H,13-14H2,1-4H3,(H,28,32)(H,26,27,30). The Kier molecular flexibility index (Phi) is 6.03. The smallest absolute Gasteiger partial charge is 0.324 e. The number of hydrogen-bond donors (Lipinski definition) is 2. The maximum atomic E-state index is 12.6. The first-order valence-corrected chi connectivity index (χ1v) is 11.5. The molecule has 170 valence electrons. The van der Waals surface area contributed by atoms with Crippen molar-refractivity contribution in [3.8, 4) is 21.7 Å². The molecule has 0 spiro atoms. The fourth-order valence-electron chi connectivity index (χ4n) is 3.60. The highest BCUT2D eigenvalue weighted by Gasteiger charge is 2.44. The molecule has 2 aromatic carbocycles. The number of anilines is 1. The minimum atomic E-state index is -0.950. The largest absolute Gasteiger partial charge is 0.325 e. The first kappa shape index (κ1) is 22.7. The number of carbonyl (C=O) groups is 3. The number of imide groups is 1. The van der Waals surface area contributed by atoms with Crippen molar-refractivity contribution in [2.24, 2.45) is 0 Å². The lowest BCUT2D eigenvalue weighted by atomic mass is 10.0. The summed E-state index contributed by atoms with van der Waals surface area (Å²) in [5.74, 6) is -0.641. The second-order valence-electron chi connectivity index (χ2n) is 8.74. The van der Waals surface area contributed by atoms with Crippen LogP contribution in [0.1, 0.15) is 31.4 Å². The van der Waals surface area contributed by atoms with E-state index in [0.717, 1.165) is 37.7 Å². The number of urea groups is 1. The predicted octanol–water partition coefficient (Wildman–Crippen LogP) is 4.75. The number of benzene rings is 2. The highest BCUT2D eigenvalue weighted by atomic mass is 32.1. The van der Waals surface area contributed by atoms with Crippen molar-refractivity contribution in [2.75, 3.05) is 11.9 Å². The number of amides is 4. The van der Waals surface area contributed by atoms with Crippen LogP contribution in [0.4, 0.5) is 9.93 Å². The van der Waals surface area contributed by atoms with E-state index in [0.29, 0.717) is 5.13 Å². The van der Waals surface area contributed by atoms with Crippen LogP contribution in [-0.2, 0) is 9.59 Å². The average molecular weight is 463 g/mol. The van der Waals surface area contributed by atoms with Crippen molar-refractivity contribution >= 4 is 34.3 Å². The van der Waals surface area contributed by atoms with Crippen molar-refractivity contribution in [1.29, 1.82) is 0 Å². The number of thiazole rings is 1. The molecule has 4 rings (SSSR count). The Balaban J connectivity index is 1.54. The van der Waals surface area contributed by atoms with Crippen LogP contribution >= 0.6 is 11.3 Å². The van der Waals surface area contributed by atoms with E-state index in [1.165, 1.54) is 11.3 Å². The molecule has 7 nitrogen and oxygen atoms in total. The first-order chi connectivity index (χ1) is 15.6. The monoisotopic (exact) mass is 462 g/mol. The van der Waals surface area contributed by atoms with Crippen LogP contribution in [0.5, 0.6) is 0 Å². The third kappa shape index (κ3) is 4.80. The van der Waals surface area contributed by atoms with Crippen molar-refractivity contribution in [2.45, 2.75) is 39.7 Å². The Morgan fingerprint density at radius 1 is 1.00 bits per heavy atom. The quantitative estimate of drug-likeness (QED) is 0.517. The van der Waals surface area contributed by atoms with E-state index in [1.54, 1.807) is 13.8 Å². The SMILES string of the molecule is Cc1ccc(-c2nc(NC(=O)CCN3C(=O)NC(C)(C)C3=O)sc2-c2ccc(C)cc2)cc1. The van der Waals surface area contributed by atoms with Crippen LogP contribution in [-0.4, -0.2) is 39.8 Å². The molecule has 0 radical (unpaired) electrons. The molecule has 4 amide bonds. The summed E-state index contributed by atoms with van der Waals surface area (Å²) in [5, 5.41) is 5.93. The number of nitrogens with one attached hydrogen (secondary N) is 2. The van der Waals surface area contributed by atoms with Crippen LogP contribution in [0, 0.1) is 13.8 Å². The van der Waals surface area contributed by atoms with Gasteiger partial charge in [-0.1, -0.05) is 71.0 Å². The van der Waals surface area contributed by atoms with Gasteiger partial charge in [0.1, 0.15) is 5.54 Å². The van der Waals surface area contributed by atoms with E-state index >= 15 is 0 Å². The Labute approximate surface area is 196 Å². The predicted molar refractivity (Wildman–Crippen MR) is 130 cm³/mol. The molecule has 8 heteroatoms. The van der Waals surface area contributed by atoms with E-state index in [2.05, 4.69) is 10.6 Å². The number of carbonyl (C=O) groups excluding carboxylic acids is 3. The van der Waals surface area contributed by atoms with Crippen molar-refractivity contribution < 1.29 is 14.4 Å². The number of aryl methyl sites for hydroxylation is 2. The minimum absolute atomic E-state index is 0.00541. The Hall–Kier alpha value is -3.52. The molecule has 0 bridgehead atoms. The molecule has 1 aromatic heterocycles. The van der Waals surface area contributed by atoms with Crippen LogP contribution in [0.15, 0.2) is 48.5 Å². The summed E-state index contributed by atoms with van der Waals surface area (Å²) in [7, 11) is 0. The van der Waals surface area contributed by atoms with Crippen molar-refractivity contribution in [1.82, 2.24) is 15.2 Å². The summed E-state index contributed by atoms with van der Waals surface area (Å²) < 4.78 is 0. The lowest BCUT2D eigenvalue weighted by Gasteiger charge is -2.15. The van der Waals surface area contributed by atoms with Gasteiger partial charge in [-0.25, -0.2) is 9.78 Å². The Bertz CT molecular complexity index is 1150. The lowest BCUT2D eigenvalue weighted by Crippen LogP contribution is -2.40. The normalized spacial score (nSPS) is 15.0. The van der Waals surface area contributed by atoms with Gasteiger partial charge in [0.05, 0.1) is 10.6 Å². The molecule has 1 saturated heterocycles. The van der Waals surface area contributed by atoms with Gasteiger partial charge in [-0.3, -0.25) is 14.5 Å². The van der Waals surface area contributed by atoms with E-state index in [1.807, 2.05) is 62.4 Å². The van der Waals surface area contributed by atoms with E-state index in [-0.39, 0.29) is 24.8 Å². The second-order valence-corrected chi connectivity index (χ2v) is 9.74. The molecule has 0 saturated carbocycles. The average Bonchev–Trinajstić information content (AvgIpc) is 3.25. The van der Waals surface area contributed by atoms with Gasteiger partial charge < -0.3 is 10.6 Å². The highest BCUT2D eigenvalue weighted by Crippen LogP contribution is 2.39. The first-order valence-electron chi connectivity index (χ1n) is 10.7. The summed E-state index contributed by atoms with van der Waals surface area (Å²) in [5.41, 5.74) is 4.16. The third-order valence-electron chi connectivity index (χ3n) is 5.52. The molecule has 33 heavy (non-hydrogen) atoms. The summed E-state index contributed by atoms with van der Waals surface area (Å²) in [6.07, 6.45) is -0.00541. The molecular formula is C25H26N4O3S. The molecule has 3 aromatic rings. The molecule has 0 aliphatic carbocycles. The molecule has 1 aliphatic rings. The number of nitrogens with zero attached hydrogens (tertiary/aromatic N) is 2. The van der Waals surface area contributed by atoms with Crippen LogP contribution in [0.2, 0.25) is 0 Å². The summed E-state index contributed by atoms with van der Waals surface area (Å²) in [6, 6.07) is 15.8. The maximum Gasteiger partial charge on any atom is 0.325 e. The van der Waals surface area contributed by atoms with Crippen LogP contribution in [0.3, 0.4) is 0 Å². The minimum Gasteiger partial charge on any atom is -0.324 e. The van der Waals surface area contributed by atoms with Gasteiger partial charge in [0.25, 0.3) is 5.91 Å². The van der Waals surface area contributed by atoms with Gasteiger partial charge in [-0.05, 0) is 33.3 Å². The van der Waals surface area contributed by atoms with Gasteiger partial charge in [0.15, 0.2) is 5.13 Å². The van der Waals surface area contributed by atoms with E-state index in [4.69, 9.17) is 4.98 Å². The summed E-state index contributed by atoms with van der Waals surface area (Å²) in [6.45, 7) is 7.37. The van der Waals surface area contributed by atoms with Gasteiger partial charge in [0, 0.05) is 18.5 Å². The zero-order chi connectivity index (χ0) is 23.8. The molecule has 0 atom stereocenters. The van der Waals surface area contributed by atoms with Gasteiger partial charge in [-0.2, -0.15) is 0 Å². The molecule has 1 fully saturated rings. The van der Waals surface area contributed by atoms with Gasteiger partial charge in [0.2, 0.25) is 5.91 Å². The van der Waals surface area contributed by atoms with Crippen LogP contribution in [0.25, 0.3) is 21.7 Å². The zero-order valence-corrected chi connectivity index (χ0v) is 19.9. The number of aromatic nitrogens is 1.